The highest BCUT2D eigenvalue weighted by molar-refractivity contribution is 6.30. The SMILES string of the molecule is COC(Cc1c(Cl)ncnc1NC(=O)OC(C)(C)C)OC. The number of anilines is 1. The van der Waals surface area contributed by atoms with E-state index >= 15 is 0 Å². The average molecular weight is 318 g/mol. The van der Waals surface area contributed by atoms with E-state index in [4.69, 9.17) is 25.8 Å². The zero-order valence-corrected chi connectivity index (χ0v) is 13.5. The number of carbonyl (C=O) groups excluding carboxylic acids is 1. The standard InChI is InChI=1S/C13H20ClN3O4/c1-13(2,3)21-12(18)17-11-8(6-9(19-4)20-5)10(14)15-7-16-11/h7,9H,6H2,1-5H3,(H,15,16,17,18). The Morgan fingerprint density at radius 1 is 1.33 bits per heavy atom. The molecule has 1 aromatic rings. The van der Waals surface area contributed by atoms with Gasteiger partial charge in [0, 0.05) is 26.2 Å². The molecule has 0 fully saturated rings. The van der Waals surface area contributed by atoms with Gasteiger partial charge in [0.05, 0.1) is 0 Å². The topological polar surface area (TPSA) is 82.6 Å². The van der Waals surface area contributed by atoms with Crippen LogP contribution in [0.3, 0.4) is 0 Å². The van der Waals surface area contributed by atoms with Gasteiger partial charge in [0.15, 0.2) is 6.29 Å². The Balaban J connectivity index is 2.92. The molecule has 0 spiro atoms. The van der Waals surface area contributed by atoms with Gasteiger partial charge in [0.1, 0.15) is 22.9 Å². The van der Waals surface area contributed by atoms with Gasteiger partial charge in [-0.2, -0.15) is 0 Å². The summed E-state index contributed by atoms with van der Waals surface area (Å²) in [5.74, 6) is 0.267. The lowest BCUT2D eigenvalue weighted by molar-refractivity contribution is -0.100. The zero-order valence-electron chi connectivity index (χ0n) is 12.8. The largest absolute Gasteiger partial charge is 0.444 e. The second kappa shape index (κ2) is 7.53. The van der Waals surface area contributed by atoms with E-state index in [1.165, 1.54) is 20.5 Å². The van der Waals surface area contributed by atoms with Crippen LogP contribution >= 0.6 is 11.6 Å². The number of amides is 1. The minimum atomic E-state index is -0.620. The molecule has 0 saturated heterocycles. The first-order valence-corrected chi connectivity index (χ1v) is 6.69. The molecule has 0 radical (unpaired) electrons. The second-order valence-corrected chi connectivity index (χ2v) is 5.58. The monoisotopic (exact) mass is 317 g/mol. The molecule has 21 heavy (non-hydrogen) atoms. The van der Waals surface area contributed by atoms with Gasteiger partial charge in [-0.05, 0) is 20.8 Å². The van der Waals surface area contributed by atoms with Crippen molar-refractivity contribution in [3.63, 3.8) is 0 Å². The molecule has 8 heteroatoms. The molecule has 118 valence electrons. The van der Waals surface area contributed by atoms with Crippen LogP contribution in [0.2, 0.25) is 5.15 Å². The van der Waals surface area contributed by atoms with Gasteiger partial charge in [-0.3, -0.25) is 5.32 Å². The quantitative estimate of drug-likeness (QED) is 0.664. The van der Waals surface area contributed by atoms with E-state index in [9.17, 15) is 4.79 Å². The van der Waals surface area contributed by atoms with Crippen LogP contribution in [0.25, 0.3) is 0 Å². The van der Waals surface area contributed by atoms with Crippen molar-refractivity contribution in [2.45, 2.75) is 39.1 Å². The number of nitrogens with zero attached hydrogens (tertiary/aromatic N) is 2. The number of rotatable bonds is 5. The minimum absolute atomic E-state index is 0.218. The summed E-state index contributed by atoms with van der Waals surface area (Å²) in [6.45, 7) is 5.31. The molecule has 0 aromatic carbocycles. The molecular weight excluding hydrogens is 298 g/mol. The van der Waals surface area contributed by atoms with Gasteiger partial charge in [0.2, 0.25) is 0 Å². The maximum absolute atomic E-state index is 11.8. The van der Waals surface area contributed by atoms with Crippen LogP contribution in [0, 0.1) is 0 Å². The van der Waals surface area contributed by atoms with E-state index < -0.39 is 18.0 Å². The van der Waals surface area contributed by atoms with Gasteiger partial charge in [-0.25, -0.2) is 14.8 Å². The Kier molecular flexibility index (Phi) is 6.32. The summed E-state index contributed by atoms with van der Waals surface area (Å²) in [6, 6.07) is 0. The Morgan fingerprint density at radius 3 is 2.48 bits per heavy atom. The van der Waals surface area contributed by atoms with E-state index in [0.717, 1.165) is 0 Å². The molecule has 1 aromatic heterocycles. The van der Waals surface area contributed by atoms with Crippen molar-refractivity contribution >= 4 is 23.5 Å². The van der Waals surface area contributed by atoms with Crippen molar-refractivity contribution in [3.05, 3.63) is 17.0 Å². The van der Waals surface area contributed by atoms with Crippen molar-refractivity contribution < 1.29 is 19.0 Å². The fourth-order valence-electron chi connectivity index (χ4n) is 1.51. The second-order valence-electron chi connectivity index (χ2n) is 5.22. The maximum Gasteiger partial charge on any atom is 0.413 e. The van der Waals surface area contributed by atoms with E-state index in [2.05, 4.69) is 15.3 Å². The van der Waals surface area contributed by atoms with E-state index in [0.29, 0.717) is 5.56 Å². The number of hydrogen-bond donors (Lipinski definition) is 1. The van der Waals surface area contributed by atoms with Crippen LogP contribution in [0.4, 0.5) is 10.6 Å². The molecule has 0 aliphatic heterocycles. The van der Waals surface area contributed by atoms with Gasteiger partial charge in [-0.15, -0.1) is 0 Å². The number of halogens is 1. The third kappa shape index (κ3) is 5.82. The van der Waals surface area contributed by atoms with Crippen molar-refractivity contribution in [1.29, 1.82) is 0 Å². The Bertz CT molecular complexity index is 487. The molecule has 0 atom stereocenters. The van der Waals surface area contributed by atoms with Gasteiger partial charge in [0.25, 0.3) is 0 Å². The van der Waals surface area contributed by atoms with Crippen LogP contribution in [0.1, 0.15) is 26.3 Å². The van der Waals surface area contributed by atoms with Gasteiger partial charge < -0.3 is 14.2 Å². The minimum Gasteiger partial charge on any atom is -0.444 e. The third-order valence-corrected chi connectivity index (χ3v) is 2.73. The molecule has 0 aliphatic rings. The number of hydrogen-bond acceptors (Lipinski definition) is 6. The molecule has 0 aliphatic carbocycles. The Labute approximate surface area is 129 Å². The van der Waals surface area contributed by atoms with Crippen molar-refractivity contribution in [2.75, 3.05) is 19.5 Å². The Hall–Kier alpha value is -1.44. The van der Waals surface area contributed by atoms with Crippen molar-refractivity contribution in [2.24, 2.45) is 0 Å². The number of aromatic nitrogens is 2. The van der Waals surface area contributed by atoms with E-state index in [1.54, 1.807) is 20.8 Å². The summed E-state index contributed by atoms with van der Waals surface area (Å²) >= 11 is 6.05. The highest BCUT2D eigenvalue weighted by Gasteiger charge is 2.20. The lowest BCUT2D eigenvalue weighted by atomic mass is 10.2. The first-order chi connectivity index (χ1) is 9.76. The zero-order chi connectivity index (χ0) is 16.0. The molecule has 7 nitrogen and oxygen atoms in total. The van der Waals surface area contributed by atoms with E-state index in [-0.39, 0.29) is 17.4 Å². The van der Waals surface area contributed by atoms with Crippen molar-refractivity contribution in [1.82, 2.24) is 9.97 Å². The van der Waals surface area contributed by atoms with Crippen LogP contribution in [0.5, 0.6) is 0 Å². The molecule has 1 heterocycles. The maximum atomic E-state index is 11.8. The van der Waals surface area contributed by atoms with Crippen LogP contribution in [0.15, 0.2) is 6.33 Å². The lowest BCUT2D eigenvalue weighted by Crippen LogP contribution is -2.28. The smallest absolute Gasteiger partial charge is 0.413 e. The number of ether oxygens (including phenoxy) is 3. The summed E-state index contributed by atoms with van der Waals surface area (Å²) in [5, 5.41) is 2.77. The van der Waals surface area contributed by atoms with Gasteiger partial charge in [-0.1, -0.05) is 11.6 Å². The predicted octanol–water partition coefficient (Wildman–Crippen LogP) is 2.64. The van der Waals surface area contributed by atoms with Gasteiger partial charge >= 0.3 is 6.09 Å². The number of carbonyl (C=O) groups is 1. The predicted molar refractivity (Wildman–Crippen MR) is 78.4 cm³/mol. The average Bonchev–Trinajstić information content (AvgIpc) is 2.36. The molecule has 1 N–H and O–H groups in total. The van der Waals surface area contributed by atoms with Crippen molar-refractivity contribution in [3.8, 4) is 0 Å². The number of nitrogens with one attached hydrogen (secondary N) is 1. The molecule has 0 saturated carbocycles. The molecule has 1 amide bonds. The fraction of sp³-hybridized carbons (Fsp3) is 0.615. The summed E-state index contributed by atoms with van der Waals surface area (Å²) in [7, 11) is 3.01. The summed E-state index contributed by atoms with van der Waals surface area (Å²) < 4.78 is 15.4. The highest BCUT2D eigenvalue weighted by atomic mass is 35.5. The molecular formula is C13H20ClN3O4. The molecule has 1 rings (SSSR count). The summed E-state index contributed by atoms with van der Waals surface area (Å²) in [6.07, 6.45) is 0.405. The fourth-order valence-corrected chi connectivity index (χ4v) is 1.72. The van der Waals surface area contributed by atoms with E-state index in [1.807, 2.05) is 0 Å². The first-order valence-electron chi connectivity index (χ1n) is 6.31. The molecule has 0 bridgehead atoms. The van der Waals surface area contributed by atoms with Crippen LogP contribution < -0.4 is 5.32 Å². The third-order valence-electron chi connectivity index (χ3n) is 2.41. The first kappa shape index (κ1) is 17.6. The lowest BCUT2D eigenvalue weighted by Gasteiger charge is -2.20. The van der Waals surface area contributed by atoms with Crippen LogP contribution in [-0.2, 0) is 20.6 Å². The highest BCUT2D eigenvalue weighted by Crippen LogP contribution is 2.23. The summed E-state index contributed by atoms with van der Waals surface area (Å²) in [5.41, 5.74) is -0.0958. The Morgan fingerprint density at radius 2 is 1.95 bits per heavy atom. The number of methoxy groups -OCH3 is 2. The molecule has 0 unspecified atom stereocenters. The van der Waals surface area contributed by atoms with Crippen LogP contribution in [-0.4, -0.2) is 42.2 Å². The summed E-state index contributed by atoms with van der Waals surface area (Å²) in [4.78, 5) is 19.7. The normalized spacial score (nSPS) is 11.6.